The number of hydrogen-bond acceptors (Lipinski definition) is 3. The average Bonchev–Trinajstić information content (AvgIpc) is 2.46. The Balaban J connectivity index is 0.000000845. The van der Waals surface area contributed by atoms with Crippen molar-refractivity contribution in [3.8, 4) is 0 Å². The van der Waals surface area contributed by atoms with Crippen LogP contribution < -0.4 is 0 Å². The number of halogens is 1. The number of rotatable bonds is 1. The molecule has 2 aromatic rings. The van der Waals surface area contributed by atoms with Crippen LogP contribution in [0.15, 0.2) is 34.7 Å². The molecule has 0 saturated carbocycles. The van der Waals surface area contributed by atoms with Crippen LogP contribution >= 0.6 is 12.4 Å². The summed E-state index contributed by atoms with van der Waals surface area (Å²) in [5, 5.41) is 11.0. The Bertz CT molecular complexity index is 405. The van der Waals surface area contributed by atoms with Gasteiger partial charge in [0.15, 0.2) is 0 Å². The maximum atomic E-state index is 10.3. The highest BCUT2D eigenvalue weighted by Crippen LogP contribution is 2.23. The van der Waals surface area contributed by atoms with Gasteiger partial charge in [0.25, 0.3) is 0 Å². The first-order valence-corrected chi connectivity index (χ1v) is 3.40. The van der Waals surface area contributed by atoms with E-state index in [-0.39, 0.29) is 18.3 Å². The topological polar surface area (TPSA) is 56.3 Å². The van der Waals surface area contributed by atoms with Crippen molar-refractivity contribution in [2.75, 3.05) is 0 Å². The molecule has 0 amide bonds. The van der Waals surface area contributed by atoms with Gasteiger partial charge in [-0.3, -0.25) is 10.1 Å². The molecule has 13 heavy (non-hydrogen) atoms. The largest absolute Gasteiger partial charge is 0.434 e. The van der Waals surface area contributed by atoms with Gasteiger partial charge in [-0.25, -0.2) is 0 Å². The average molecular weight is 200 g/mol. The van der Waals surface area contributed by atoms with Gasteiger partial charge < -0.3 is 4.42 Å². The molecule has 0 radical (unpaired) electrons. The van der Waals surface area contributed by atoms with E-state index in [2.05, 4.69) is 0 Å². The highest BCUT2D eigenvalue weighted by atomic mass is 35.5. The first-order valence-electron chi connectivity index (χ1n) is 3.40. The summed E-state index contributed by atoms with van der Waals surface area (Å²) in [6.45, 7) is 0. The molecule has 2 rings (SSSR count). The van der Waals surface area contributed by atoms with Gasteiger partial charge in [0.05, 0.1) is 6.07 Å². The molecule has 0 fully saturated rings. The lowest BCUT2D eigenvalue weighted by atomic mass is 10.3. The molecule has 0 aliphatic carbocycles. The SMILES string of the molecule is Cl.O=[N+]([O-])c1cc2ccccc2o1. The third-order valence-corrected chi connectivity index (χ3v) is 1.59. The minimum absolute atomic E-state index is 0. The highest BCUT2D eigenvalue weighted by Gasteiger charge is 2.11. The number of benzene rings is 1. The molecule has 0 spiro atoms. The van der Waals surface area contributed by atoms with E-state index in [1.165, 1.54) is 6.07 Å². The lowest BCUT2D eigenvalue weighted by molar-refractivity contribution is -0.401. The van der Waals surface area contributed by atoms with Crippen LogP contribution in [0.1, 0.15) is 0 Å². The first kappa shape index (κ1) is 9.54. The Labute approximate surface area is 79.7 Å². The van der Waals surface area contributed by atoms with Crippen LogP contribution in [-0.4, -0.2) is 4.92 Å². The van der Waals surface area contributed by atoms with Crippen molar-refractivity contribution in [3.05, 3.63) is 40.4 Å². The number of para-hydroxylation sites is 1. The van der Waals surface area contributed by atoms with Gasteiger partial charge in [0.1, 0.15) is 10.5 Å². The van der Waals surface area contributed by atoms with Gasteiger partial charge in [0, 0.05) is 5.39 Å². The monoisotopic (exact) mass is 199 g/mol. The van der Waals surface area contributed by atoms with Crippen LogP contribution in [0.5, 0.6) is 0 Å². The van der Waals surface area contributed by atoms with Crippen molar-refractivity contribution < 1.29 is 9.34 Å². The van der Waals surface area contributed by atoms with Gasteiger partial charge in [-0.05, 0) is 6.07 Å². The summed E-state index contributed by atoms with van der Waals surface area (Å²) >= 11 is 0. The molecule has 68 valence electrons. The molecule has 0 unspecified atom stereocenters. The molecule has 0 N–H and O–H groups in total. The van der Waals surface area contributed by atoms with E-state index in [1.54, 1.807) is 18.2 Å². The van der Waals surface area contributed by atoms with E-state index in [1.807, 2.05) is 6.07 Å². The van der Waals surface area contributed by atoms with Gasteiger partial charge in [-0.2, -0.15) is 0 Å². The minimum Gasteiger partial charge on any atom is -0.401 e. The zero-order chi connectivity index (χ0) is 8.55. The maximum Gasteiger partial charge on any atom is 0.434 e. The first-order chi connectivity index (χ1) is 5.77. The molecule has 1 aromatic heterocycles. The summed E-state index contributed by atoms with van der Waals surface area (Å²) in [4.78, 5) is 9.74. The summed E-state index contributed by atoms with van der Waals surface area (Å²) in [5.74, 6) is -0.212. The summed E-state index contributed by atoms with van der Waals surface area (Å²) in [6, 6.07) is 8.46. The Morgan fingerprint density at radius 3 is 2.62 bits per heavy atom. The Hall–Kier alpha value is -1.55. The molecule has 5 heteroatoms. The second kappa shape index (κ2) is 3.45. The molecule has 4 nitrogen and oxygen atoms in total. The molecule has 0 aliphatic heterocycles. The van der Waals surface area contributed by atoms with Crippen LogP contribution in [0.25, 0.3) is 11.0 Å². The van der Waals surface area contributed by atoms with Crippen molar-refractivity contribution >= 4 is 29.3 Å². The third-order valence-electron chi connectivity index (χ3n) is 1.59. The predicted octanol–water partition coefficient (Wildman–Crippen LogP) is 2.76. The van der Waals surface area contributed by atoms with E-state index in [0.717, 1.165) is 5.39 Å². The Kier molecular flexibility index (Phi) is 2.53. The molecular formula is C8H6ClNO3. The summed E-state index contributed by atoms with van der Waals surface area (Å²) in [6.07, 6.45) is 0. The van der Waals surface area contributed by atoms with E-state index < -0.39 is 4.92 Å². The normalized spacial score (nSPS) is 9.54. The fraction of sp³-hybridized carbons (Fsp3) is 0. The van der Waals surface area contributed by atoms with E-state index in [0.29, 0.717) is 5.58 Å². The predicted molar refractivity (Wildman–Crippen MR) is 50.1 cm³/mol. The summed E-state index contributed by atoms with van der Waals surface area (Å²) in [5.41, 5.74) is 0.546. The Morgan fingerprint density at radius 2 is 2.00 bits per heavy atom. The Morgan fingerprint density at radius 1 is 1.31 bits per heavy atom. The number of nitro groups is 1. The van der Waals surface area contributed by atoms with Crippen LogP contribution in [0.4, 0.5) is 5.88 Å². The standard InChI is InChI=1S/C8H5NO3.ClH/c10-9(11)8-5-6-3-1-2-4-7(6)12-8;/h1-5H;1H. The van der Waals surface area contributed by atoms with Crippen molar-refractivity contribution in [3.63, 3.8) is 0 Å². The zero-order valence-corrected chi connectivity index (χ0v) is 7.28. The van der Waals surface area contributed by atoms with Crippen molar-refractivity contribution in [2.45, 2.75) is 0 Å². The third kappa shape index (κ3) is 1.62. The minimum atomic E-state index is -0.542. The second-order valence-electron chi connectivity index (χ2n) is 2.38. The number of hydrogen-bond donors (Lipinski definition) is 0. The van der Waals surface area contributed by atoms with Crippen molar-refractivity contribution in [1.82, 2.24) is 0 Å². The quantitative estimate of drug-likeness (QED) is 0.524. The lowest BCUT2D eigenvalue weighted by Gasteiger charge is -1.81. The molecule has 0 bridgehead atoms. The van der Waals surface area contributed by atoms with Crippen LogP contribution in [0.3, 0.4) is 0 Å². The summed E-state index contributed by atoms with van der Waals surface area (Å²) in [7, 11) is 0. The highest BCUT2D eigenvalue weighted by molar-refractivity contribution is 5.85. The van der Waals surface area contributed by atoms with Gasteiger partial charge in [-0.15, -0.1) is 12.4 Å². The van der Waals surface area contributed by atoms with Crippen molar-refractivity contribution in [1.29, 1.82) is 0 Å². The number of fused-ring (bicyclic) bond motifs is 1. The van der Waals surface area contributed by atoms with E-state index >= 15 is 0 Å². The zero-order valence-electron chi connectivity index (χ0n) is 6.47. The van der Waals surface area contributed by atoms with E-state index in [4.69, 9.17) is 4.42 Å². The smallest absolute Gasteiger partial charge is 0.401 e. The molecule has 0 aliphatic rings. The molecule has 1 aromatic carbocycles. The summed E-state index contributed by atoms with van der Waals surface area (Å²) < 4.78 is 4.93. The van der Waals surface area contributed by atoms with Gasteiger partial charge in [0.2, 0.25) is 0 Å². The molecule has 0 atom stereocenters. The van der Waals surface area contributed by atoms with Gasteiger partial charge >= 0.3 is 5.88 Å². The molecular weight excluding hydrogens is 194 g/mol. The van der Waals surface area contributed by atoms with Crippen molar-refractivity contribution in [2.24, 2.45) is 0 Å². The molecule has 0 saturated heterocycles. The molecule has 1 heterocycles. The maximum absolute atomic E-state index is 10.3. The van der Waals surface area contributed by atoms with Gasteiger partial charge in [-0.1, -0.05) is 18.2 Å². The van der Waals surface area contributed by atoms with Crippen LogP contribution in [0.2, 0.25) is 0 Å². The fourth-order valence-electron chi connectivity index (χ4n) is 1.06. The van der Waals surface area contributed by atoms with Crippen LogP contribution in [-0.2, 0) is 0 Å². The van der Waals surface area contributed by atoms with Crippen LogP contribution in [0, 0.1) is 10.1 Å². The second-order valence-corrected chi connectivity index (χ2v) is 2.38. The number of furan rings is 1. The number of nitrogens with zero attached hydrogens (tertiary/aromatic N) is 1. The lowest BCUT2D eigenvalue weighted by Crippen LogP contribution is -1.82. The fourth-order valence-corrected chi connectivity index (χ4v) is 1.06. The van der Waals surface area contributed by atoms with E-state index in [9.17, 15) is 10.1 Å².